The number of amides is 1. The van der Waals surface area contributed by atoms with E-state index >= 15 is 0 Å². The van der Waals surface area contributed by atoms with Crippen LogP contribution in [0.1, 0.15) is 81.6 Å². The third-order valence-electron chi connectivity index (χ3n) is 10.1. The lowest BCUT2D eigenvalue weighted by atomic mass is 9.73. The Hall–Kier alpha value is -2.13. The predicted molar refractivity (Wildman–Crippen MR) is 172 cm³/mol. The average Bonchev–Trinajstić information content (AvgIpc) is 3.00. The fraction of sp³-hybridized carbons (Fsp3) is 0.853. The molecule has 3 aliphatic rings. The van der Waals surface area contributed by atoms with Crippen LogP contribution in [0.3, 0.4) is 0 Å². The zero-order valence-electron chi connectivity index (χ0n) is 29.8. The van der Waals surface area contributed by atoms with E-state index < -0.39 is 102 Å². The molecular formula is C34H56N2O11. The van der Waals surface area contributed by atoms with Gasteiger partial charge in [-0.2, -0.15) is 0 Å². The van der Waals surface area contributed by atoms with Gasteiger partial charge in [-0.15, -0.1) is 0 Å². The molecule has 0 spiro atoms. The van der Waals surface area contributed by atoms with E-state index in [9.17, 15) is 29.4 Å². The van der Waals surface area contributed by atoms with Gasteiger partial charge in [-0.3, -0.25) is 19.2 Å². The van der Waals surface area contributed by atoms with Gasteiger partial charge in [-0.1, -0.05) is 27.7 Å². The number of ketones is 2. The fourth-order valence-corrected chi connectivity index (χ4v) is 7.55. The van der Waals surface area contributed by atoms with Gasteiger partial charge in [0.2, 0.25) is 5.91 Å². The Morgan fingerprint density at radius 2 is 1.70 bits per heavy atom. The first-order chi connectivity index (χ1) is 21.7. The highest BCUT2D eigenvalue weighted by Crippen LogP contribution is 2.40. The number of ether oxygens (including phenoxy) is 5. The monoisotopic (exact) mass is 668 g/mol. The Kier molecular flexibility index (Phi) is 13.1. The number of aliphatic hydroxyl groups is 2. The quantitative estimate of drug-likeness (QED) is 0.331. The van der Waals surface area contributed by atoms with E-state index in [0.29, 0.717) is 12.1 Å². The van der Waals surface area contributed by atoms with Gasteiger partial charge in [0.15, 0.2) is 17.9 Å². The molecule has 0 radical (unpaired) electrons. The van der Waals surface area contributed by atoms with Crippen molar-refractivity contribution in [1.82, 2.24) is 4.90 Å². The highest BCUT2D eigenvalue weighted by molar-refractivity contribution is 6.00. The van der Waals surface area contributed by atoms with Gasteiger partial charge in [0, 0.05) is 30.5 Å². The standard InChI is InChI=1S/C34H56N2O11/c1-12-25-34(9,42)30-19(4)26(35-22(7)37)17(2)14-33(8,44-16-23(38)15-43-30)29(20(5)27(39)21(6)31(41)46-25)47-32-28(40)24(36(10)11)13-18(3)45-32/h17-21,24-25,28-30,32,40,42H,12-16H2,1-11H3/b35-26+/t17-,18-,19+,20+,21-,24+,25-,28-,29-,30-,32+,33-,34-/m1/s1. The molecule has 0 aromatic heterocycles. The first-order valence-electron chi connectivity index (χ1n) is 16.7. The number of Topliss-reactive ketones (excluding diaryl/α,β-unsaturated/α-hetero) is 2. The molecule has 3 aliphatic heterocycles. The van der Waals surface area contributed by atoms with Gasteiger partial charge < -0.3 is 38.8 Å². The van der Waals surface area contributed by atoms with Crippen molar-refractivity contribution < 1.29 is 53.1 Å². The Labute approximate surface area is 278 Å². The summed E-state index contributed by atoms with van der Waals surface area (Å²) in [5, 5.41) is 23.4. The second kappa shape index (κ2) is 15.6. The van der Waals surface area contributed by atoms with Crippen molar-refractivity contribution in [3.05, 3.63) is 0 Å². The van der Waals surface area contributed by atoms with E-state index in [4.69, 9.17) is 23.7 Å². The van der Waals surface area contributed by atoms with Crippen LogP contribution in [0.25, 0.3) is 0 Å². The number of aliphatic hydroxyl groups excluding tert-OH is 1. The average molecular weight is 669 g/mol. The van der Waals surface area contributed by atoms with Crippen LogP contribution >= 0.6 is 0 Å². The van der Waals surface area contributed by atoms with Crippen LogP contribution in [0.5, 0.6) is 0 Å². The number of esters is 1. The molecule has 13 nitrogen and oxygen atoms in total. The summed E-state index contributed by atoms with van der Waals surface area (Å²) in [5.41, 5.74) is -2.88. The van der Waals surface area contributed by atoms with E-state index in [0.717, 1.165) is 0 Å². The number of aliphatic imine (C=N–C) groups is 1. The van der Waals surface area contributed by atoms with Crippen LogP contribution in [-0.2, 0) is 42.9 Å². The second-order valence-corrected chi connectivity index (χ2v) is 14.4. The zero-order chi connectivity index (χ0) is 35.6. The molecule has 3 rings (SSSR count). The Balaban J connectivity index is 2.29. The van der Waals surface area contributed by atoms with E-state index in [1.165, 1.54) is 20.8 Å². The molecule has 47 heavy (non-hydrogen) atoms. The molecule has 0 aromatic carbocycles. The van der Waals surface area contributed by atoms with Crippen molar-refractivity contribution in [1.29, 1.82) is 0 Å². The molecule has 1 amide bonds. The molecule has 3 heterocycles. The minimum Gasteiger partial charge on any atom is -0.459 e. The van der Waals surface area contributed by atoms with E-state index in [2.05, 4.69) is 4.99 Å². The number of fused-ring (bicyclic) bond motifs is 5. The molecule has 0 saturated carbocycles. The molecule has 2 bridgehead atoms. The van der Waals surface area contributed by atoms with Gasteiger partial charge in [0.25, 0.3) is 0 Å². The summed E-state index contributed by atoms with van der Waals surface area (Å²) in [4.78, 5) is 59.7. The van der Waals surface area contributed by atoms with Crippen molar-refractivity contribution in [2.75, 3.05) is 27.3 Å². The molecule has 2 N–H and O–H groups in total. The molecular weight excluding hydrogens is 612 g/mol. The number of nitrogens with zero attached hydrogens (tertiary/aromatic N) is 2. The van der Waals surface area contributed by atoms with Gasteiger partial charge in [0.1, 0.15) is 36.9 Å². The number of carbonyl (C=O) groups is 4. The summed E-state index contributed by atoms with van der Waals surface area (Å²) < 4.78 is 31.0. The lowest BCUT2D eigenvalue weighted by Crippen LogP contribution is -2.60. The second-order valence-electron chi connectivity index (χ2n) is 14.4. The van der Waals surface area contributed by atoms with Crippen molar-refractivity contribution >= 4 is 29.2 Å². The SMILES string of the molecule is CC[C@H]1OC(=O)[C@H](C)C(=O)[C@H](C)[C@@H](O[C@@H]2O[C@H](C)C[C@H](N(C)C)[C@H]2O)[C@@]2(C)C[C@@H](C)/C(=N\C(C)=O)[C@H](C)[C@@H](OCC(=O)CO2)[C@]1(C)O. The number of hydrogen-bond acceptors (Lipinski definition) is 12. The summed E-state index contributed by atoms with van der Waals surface area (Å²) >= 11 is 0. The van der Waals surface area contributed by atoms with Crippen molar-refractivity contribution in [3.8, 4) is 0 Å². The summed E-state index contributed by atoms with van der Waals surface area (Å²) in [6, 6.07) is -0.313. The number of hydrogen-bond donors (Lipinski definition) is 2. The number of cyclic esters (lactones) is 1. The normalized spacial score (nSPS) is 44.0. The van der Waals surface area contributed by atoms with Gasteiger partial charge in [-0.05, 0) is 67.0 Å². The predicted octanol–water partition coefficient (Wildman–Crippen LogP) is 2.12. The molecule has 0 aliphatic carbocycles. The Morgan fingerprint density at radius 1 is 1.06 bits per heavy atom. The first kappa shape index (κ1) is 39.3. The summed E-state index contributed by atoms with van der Waals surface area (Å²) in [6.45, 7) is 13.8. The lowest BCUT2D eigenvalue weighted by molar-refractivity contribution is -0.296. The number of carbonyl (C=O) groups excluding carboxylic acids is 4. The lowest BCUT2D eigenvalue weighted by Gasteiger charge is -2.47. The summed E-state index contributed by atoms with van der Waals surface area (Å²) in [6.07, 6.45) is -5.15. The highest BCUT2D eigenvalue weighted by Gasteiger charge is 2.53. The molecule has 268 valence electrons. The molecule has 3 saturated heterocycles. The van der Waals surface area contributed by atoms with Crippen molar-refractivity contribution in [2.24, 2.45) is 28.7 Å². The Bertz CT molecular complexity index is 1190. The minimum atomic E-state index is -1.85. The van der Waals surface area contributed by atoms with Crippen LogP contribution in [0.15, 0.2) is 4.99 Å². The number of likely N-dealkylation sites (N-methyl/N-ethyl adjacent to an activating group) is 1. The van der Waals surface area contributed by atoms with E-state index in [1.807, 2.05) is 32.8 Å². The summed E-state index contributed by atoms with van der Waals surface area (Å²) in [7, 11) is 3.69. The number of rotatable bonds is 4. The van der Waals surface area contributed by atoms with Crippen LogP contribution in [0, 0.1) is 23.7 Å². The van der Waals surface area contributed by atoms with Crippen LogP contribution in [-0.4, -0.2) is 126 Å². The van der Waals surface area contributed by atoms with E-state index in [-0.39, 0.29) is 25.0 Å². The van der Waals surface area contributed by atoms with Crippen LogP contribution in [0.2, 0.25) is 0 Å². The fourth-order valence-electron chi connectivity index (χ4n) is 7.55. The third-order valence-corrected chi connectivity index (χ3v) is 10.1. The smallest absolute Gasteiger partial charge is 0.316 e. The van der Waals surface area contributed by atoms with Crippen molar-refractivity contribution in [2.45, 2.75) is 136 Å². The summed E-state index contributed by atoms with van der Waals surface area (Å²) in [5.74, 6) is -5.80. The van der Waals surface area contributed by atoms with Gasteiger partial charge in [-0.25, -0.2) is 4.99 Å². The van der Waals surface area contributed by atoms with Gasteiger partial charge in [0.05, 0.1) is 23.9 Å². The minimum absolute atomic E-state index is 0.111. The maximum Gasteiger partial charge on any atom is 0.316 e. The van der Waals surface area contributed by atoms with Crippen LogP contribution in [0.4, 0.5) is 0 Å². The maximum absolute atomic E-state index is 14.1. The van der Waals surface area contributed by atoms with Crippen LogP contribution < -0.4 is 0 Å². The molecule has 13 heteroatoms. The molecule has 13 atom stereocenters. The van der Waals surface area contributed by atoms with Crippen molar-refractivity contribution in [3.63, 3.8) is 0 Å². The van der Waals surface area contributed by atoms with Gasteiger partial charge >= 0.3 is 5.97 Å². The Morgan fingerprint density at radius 3 is 2.28 bits per heavy atom. The molecule has 3 fully saturated rings. The molecule has 0 unspecified atom stereocenters. The first-order valence-corrected chi connectivity index (χ1v) is 16.7. The highest BCUT2D eigenvalue weighted by atomic mass is 16.7. The molecule has 0 aromatic rings. The topological polar surface area (TPSA) is 170 Å². The zero-order valence-corrected chi connectivity index (χ0v) is 29.8. The largest absolute Gasteiger partial charge is 0.459 e. The third kappa shape index (κ3) is 8.73. The maximum atomic E-state index is 14.1. The van der Waals surface area contributed by atoms with E-state index in [1.54, 1.807) is 27.7 Å².